The number of hydrogen-bond acceptors (Lipinski definition) is 4. The number of hydrogen-bond donors (Lipinski definition) is 3. The van der Waals surface area contributed by atoms with E-state index in [4.69, 9.17) is 4.74 Å². The molecule has 5 nitrogen and oxygen atoms in total. The molecule has 1 amide bonds. The Kier molecular flexibility index (Phi) is 5.99. The van der Waals surface area contributed by atoms with E-state index in [0.717, 1.165) is 30.7 Å². The lowest BCUT2D eigenvalue weighted by Crippen LogP contribution is -2.62. The molecular formula is C20H33N3O2. The normalized spacial score (nSPS) is 20.6. The van der Waals surface area contributed by atoms with Crippen molar-refractivity contribution in [3.05, 3.63) is 24.3 Å². The molecule has 0 radical (unpaired) electrons. The SMILES string of the molecule is CC[C@@H](Nc1cccc(OC)c1)C(=O)NC1CC(C)(C)NC(C)(C)C1. The highest BCUT2D eigenvalue weighted by Gasteiger charge is 2.38. The van der Waals surface area contributed by atoms with Gasteiger partial charge in [-0.25, -0.2) is 0 Å². The van der Waals surface area contributed by atoms with Gasteiger partial charge >= 0.3 is 0 Å². The molecular weight excluding hydrogens is 314 g/mol. The maximum Gasteiger partial charge on any atom is 0.242 e. The summed E-state index contributed by atoms with van der Waals surface area (Å²) in [7, 11) is 1.64. The Labute approximate surface area is 151 Å². The first-order chi connectivity index (χ1) is 11.6. The van der Waals surface area contributed by atoms with Crippen LogP contribution in [-0.4, -0.2) is 36.2 Å². The van der Waals surface area contributed by atoms with E-state index >= 15 is 0 Å². The fourth-order valence-electron chi connectivity index (χ4n) is 3.99. The molecule has 0 aromatic heterocycles. The number of rotatable bonds is 6. The molecule has 3 N–H and O–H groups in total. The van der Waals surface area contributed by atoms with Gasteiger partial charge in [-0.1, -0.05) is 13.0 Å². The minimum absolute atomic E-state index is 0.0155. The maximum atomic E-state index is 12.8. The Morgan fingerprint density at radius 2 is 1.92 bits per heavy atom. The van der Waals surface area contributed by atoms with Crippen LogP contribution in [0, 0.1) is 0 Å². The van der Waals surface area contributed by atoms with Gasteiger partial charge in [0.25, 0.3) is 0 Å². The molecule has 1 aliphatic heterocycles. The van der Waals surface area contributed by atoms with E-state index in [9.17, 15) is 4.79 Å². The van der Waals surface area contributed by atoms with Gasteiger partial charge in [-0.2, -0.15) is 0 Å². The standard InChI is InChI=1S/C20H33N3O2/c1-7-17(21-14-9-8-10-16(11-14)25-6)18(24)22-15-12-19(2,3)23-20(4,5)13-15/h8-11,15,17,21,23H,7,12-13H2,1-6H3,(H,22,24)/t17-/m1/s1. The van der Waals surface area contributed by atoms with Crippen LogP contribution in [0.3, 0.4) is 0 Å². The number of carbonyl (C=O) groups is 1. The number of carbonyl (C=O) groups excluding carboxylic acids is 1. The number of nitrogens with one attached hydrogen (secondary N) is 3. The second-order valence-corrected chi connectivity index (χ2v) is 8.34. The Bertz CT molecular complexity index is 582. The molecule has 1 saturated heterocycles. The smallest absolute Gasteiger partial charge is 0.242 e. The molecule has 1 atom stereocenters. The molecule has 2 rings (SSSR count). The van der Waals surface area contributed by atoms with Crippen molar-refractivity contribution in [2.75, 3.05) is 12.4 Å². The van der Waals surface area contributed by atoms with Crippen molar-refractivity contribution in [1.29, 1.82) is 0 Å². The Balaban J connectivity index is 2.01. The summed E-state index contributed by atoms with van der Waals surface area (Å²) < 4.78 is 5.25. The molecule has 140 valence electrons. The lowest BCUT2D eigenvalue weighted by atomic mass is 9.79. The molecule has 0 bridgehead atoms. The molecule has 1 heterocycles. The topological polar surface area (TPSA) is 62.4 Å². The third-order valence-corrected chi connectivity index (χ3v) is 4.67. The van der Waals surface area contributed by atoms with Gasteiger partial charge in [0.15, 0.2) is 0 Å². The van der Waals surface area contributed by atoms with Crippen molar-refractivity contribution in [1.82, 2.24) is 10.6 Å². The largest absolute Gasteiger partial charge is 0.497 e. The van der Waals surface area contributed by atoms with Crippen molar-refractivity contribution >= 4 is 11.6 Å². The molecule has 25 heavy (non-hydrogen) atoms. The van der Waals surface area contributed by atoms with Gasteiger partial charge in [-0.05, 0) is 59.1 Å². The van der Waals surface area contributed by atoms with Crippen LogP contribution in [-0.2, 0) is 4.79 Å². The van der Waals surface area contributed by atoms with Crippen LogP contribution in [0.1, 0.15) is 53.9 Å². The van der Waals surface area contributed by atoms with Crippen LogP contribution in [0.25, 0.3) is 0 Å². The van der Waals surface area contributed by atoms with Crippen molar-refractivity contribution in [2.24, 2.45) is 0 Å². The Morgan fingerprint density at radius 1 is 1.28 bits per heavy atom. The number of ether oxygens (including phenoxy) is 1. The van der Waals surface area contributed by atoms with Gasteiger partial charge in [0.05, 0.1) is 7.11 Å². The quantitative estimate of drug-likeness (QED) is 0.739. The van der Waals surface area contributed by atoms with Crippen LogP contribution in [0.2, 0.25) is 0 Å². The summed E-state index contributed by atoms with van der Waals surface area (Å²) in [6, 6.07) is 7.60. The Hall–Kier alpha value is -1.75. The average molecular weight is 348 g/mol. The van der Waals surface area contributed by atoms with Gasteiger partial charge in [0.2, 0.25) is 5.91 Å². The van der Waals surface area contributed by atoms with Crippen LogP contribution < -0.4 is 20.7 Å². The maximum absolute atomic E-state index is 12.8. The van der Waals surface area contributed by atoms with Gasteiger partial charge in [0, 0.05) is 28.9 Å². The van der Waals surface area contributed by atoms with Gasteiger partial charge in [-0.3, -0.25) is 4.79 Å². The second-order valence-electron chi connectivity index (χ2n) is 8.34. The summed E-state index contributed by atoms with van der Waals surface area (Å²) in [5.74, 6) is 0.839. The average Bonchev–Trinajstić information content (AvgIpc) is 2.49. The Morgan fingerprint density at radius 3 is 2.48 bits per heavy atom. The third-order valence-electron chi connectivity index (χ3n) is 4.67. The molecule has 5 heteroatoms. The van der Waals surface area contributed by atoms with Gasteiger partial charge < -0.3 is 20.7 Å². The lowest BCUT2D eigenvalue weighted by Gasteiger charge is -2.46. The highest BCUT2D eigenvalue weighted by molar-refractivity contribution is 5.84. The molecule has 0 saturated carbocycles. The summed E-state index contributed by atoms with van der Waals surface area (Å²) in [5, 5.41) is 10.2. The first kappa shape index (κ1) is 19.6. The molecule has 0 spiro atoms. The summed E-state index contributed by atoms with van der Waals surface area (Å²) in [4.78, 5) is 12.8. The fraction of sp³-hybridized carbons (Fsp3) is 0.650. The molecule has 1 aromatic rings. The molecule has 1 aromatic carbocycles. The number of benzene rings is 1. The fourth-order valence-corrected chi connectivity index (χ4v) is 3.99. The van der Waals surface area contributed by atoms with Crippen molar-refractivity contribution in [3.8, 4) is 5.75 Å². The van der Waals surface area contributed by atoms with E-state index in [1.54, 1.807) is 7.11 Å². The van der Waals surface area contributed by atoms with Crippen molar-refractivity contribution in [3.63, 3.8) is 0 Å². The second kappa shape index (κ2) is 7.65. The minimum Gasteiger partial charge on any atom is -0.497 e. The minimum atomic E-state index is -0.256. The third kappa shape index (κ3) is 5.63. The van der Waals surface area contributed by atoms with E-state index in [1.807, 2.05) is 31.2 Å². The predicted octanol–water partition coefficient (Wildman–Crippen LogP) is 3.31. The van der Waals surface area contributed by atoms with Crippen LogP contribution in [0.4, 0.5) is 5.69 Å². The summed E-state index contributed by atoms with van der Waals surface area (Å²) in [6.07, 6.45) is 2.58. The molecule has 0 unspecified atom stereocenters. The molecule has 1 aliphatic rings. The first-order valence-corrected chi connectivity index (χ1v) is 9.14. The number of amides is 1. The van der Waals surface area contributed by atoms with Crippen molar-refractivity contribution in [2.45, 2.75) is 77.0 Å². The number of methoxy groups -OCH3 is 1. The van der Waals surface area contributed by atoms with Crippen LogP contribution >= 0.6 is 0 Å². The van der Waals surface area contributed by atoms with Crippen LogP contribution in [0.15, 0.2) is 24.3 Å². The monoisotopic (exact) mass is 347 g/mol. The highest BCUT2D eigenvalue weighted by Crippen LogP contribution is 2.28. The zero-order valence-corrected chi connectivity index (χ0v) is 16.4. The molecule has 0 aliphatic carbocycles. The molecule has 1 fully saturated rings. The van der Waals surface area contributed by atoms with Gasteiger partial charge in [-0.15, -0.1) is 0 Å². The van der Waals surface area contributed by atoms with E-state index in [-0.39, 0.29) is 29.1 Å². The predicted molar refractivity (Wildman–Crippen MR) is 103 cm³/mol. The van der Waals surface area contributed by atoms with E-state index in [2.05, 4.69) is 43.6 Å². The summed E-state index contributed by atoms with van der Waals surface area (Å²) in [5.41, 5.74) is 0.927. The summed E-state index contributed by atoms with van der Waals surface area (Å²) in [6.45, 7) is 10.8. The first-order valence-electron chi connectivity index (χ1n) is 9.14. The lowest BCUT2D eigenvalue weighted by molar-refractivity contribution is -0.123. The summed E-state index contributed by atoms with van der Waals surface area (Å²) >= 11 is 0. The number of anilines is 1. The van der Waals surface area contributed by atoms with Gasteiger partial charge in [0.1, 0.15) is 11.8 Å². The highest BCUT2D eigenvalue weighted by atomic mass is 16.5. The number of piperidine rings is 1. The van der Waals surface area contributed by atoms with E-state index in [0.29, 0.717) is 0 Å². The van der Waals surface area contributed by atoms with E-state index < -0.39 is 0 Å². The van der Waals surface area contributed by atoms with E-state index in [1.165, 1.54) is 0 Å². The van der Waals surface area contributed by atoms with Crippen LogP contribution in [0.5, 0.6) is 5.75 Å². The van der Waals surface area contributed by atoms with Crippen molar-refractivity contribution < 1.29 is 9.53 Å². The zero-order chi connectivity index (χ0) is 18.7. The zero-order valence-electron chi connectivity index (χ0n) is 16.4.